The number of carboxylic acid groups (broad SMARTS) is 1. The van der Waals surface area contributed by atoms with Gasteiger partial charge in [0.05, 0.1) is 0 Å². The van der Waals surface area contributed by atoms with Crippen molar-refractivity contribution in [2.75, 3.05) is 19.6 Å². The van der Waals surface area contributed by atoms with E-state index >= 15 is 0 Å². The van der Waals surface area contributed by atoms with Crippen molar-refractivity contribution in [3.63, 3.8) is 0 Å². The van der Waals surface area contributed by atoms with E-state index in [9.17, 15) is 19.5 Å². The number of nitrogens with one attached hydrogen (secondary N) is 1. The van der Waals surface area contributed by atoms with Crippen molar-refractivity contribution in [1.29, 1.82) is 0 Å². The highest BCUT2D eigenvalue weighted by atomic mass is 16.4. The van der Waals surface area contributed by atoms with E-state index < -0.39 is 12.0 Å². The summed E-state index contributed by atoms with van der Waals surface area (Å²) in [6, 6.07) is -0.791. The van der Waals surface area contributed by atoms with Crippen LogP contribution in [-0.2, 0) is 20.8 Å². The summed E-state index contributed by atoms with van der Waals surface area (Å²) in [6.07, 6.45) is 2.51. The van der Waals surface area contributed by atoms with Gasteiger partial charge in [0.15, 0.2) is 5.82 Å². The van der Waals surface area contributed by atoms with E-state index in [1.54, 1.807) is 18.7 Å². The topological polar surface area (TPSA) is 119 Å². The van der Waals surface area contributed by atoms with Crippen LogP contribution in [0.25, 0.3) is 0 Å². The third-order valence-electron chi connectivity index (χ3n) is 5.59. The quantitative estimate of drug-likeness (QED) is 0.797. The lowest BCUT2D eigenvalue weighted by atomic mass is 9.76. The maximum atomic E-state index is 12.7. The third-order valence-corrected chi connectivity index (χ3v) is 5.59. The molecule has 0 saturated carbocycles. The van der Waals surface area contributed by atoms with Crippen molar-refractivity contribution in [2.45, 2.75) is 52.0 Å². The summed E-state index contributed by atoms with van der Waals surface area (Å²) < 4.78 is 0. The number of aliphatic carboxylic acids is 1. The summed E-state index contributed by atoms with van der Waals surface area (Å²) in [6.45, 7) is 5.03. The number of amides is 2. The highest BCUT2D eigenvalue weighted by Gasteiger charge is 2.49. The van der Waals surface area contributed by atoms with E-state index in [2.05, 4.69) is 15.2 Å². The zero-order valence-electron chi connectivity index (χ0n) is 15.2. The average molecular weight is 363 g/mol. The summed E-state index contributed by atoms with van der Waals surface area (Å²) in [5.74, 6) is 0.158. The SMILES string of the molecule is CC(=O)N1CCC2(CC1)C[C@H](C(=O)O)N(C(=O)CCc1n[nH]c(C)n1)C2. The molecule has 2 N–H and O–H groups in total. The molecule has 142 valence electrons. The van der Waals surface area contributed by atoms with Gasteiger partial charge in [-0.05, 0) is 31.6 Å². The molecule has 2 fully saturated rings. The number of aromatic nitrogens is 3. The van der Waals surface area contributed by atoms with Crippen LogP contribution >= 0.6 is 0 Å². The first-order valence-corrected chi connectivity index (χ1v) is 8.95. The van der Waals surface area contributed by atoms with Gasteiger partial charge < -0.3 is 14.9 Å². The van der Waals surface area contributed by atoms with Gasteiger partial charge in [0.1, 0.15) is 11.9 Å². The molecule has 2 saturated heterocycles. The highest BCUT2D eigenvalue weighted by molar-refractivity contribution is 5.84. The zero-order chi connectivity index (χ0) is 18.9. The van der Waals surface area contributed by atoms with Gasteiger partial charge in [-0.2, -0.15) is 5.10 Å². The second-order valence-electron chi connectivity index (χ2n) is 7.42. The fourth-order valence-corrected chi connectivity index (χ4v) is 4.06. The first-order valence-electron chi connectivity index (χ1n) is 8.95. The number of H-pyrrole nitrogens is 1. The average Bonchev–Trinajstić information content (AvgIpc) is 3.17. The lowest BCUT2D eigenvalue weighted by Gasteiger charge is -2.38. The van der Waals surface area contributed by atoms with E-state index in [1.807, 2.05) is 0 Å². The molecule has 0 unspecified atom stereocenters. The number of carbonyl (C=O) groups is 3. The van der Waals surface area contributed by atoms with Crippen molar-refractivity contribution in [3.8, 4) is 0 Å². The highest BCUT2D eigenvalue weighted by Crippen LogP contribution is 2.43. The Hall–Kier alpha value is -2.45. The minimum atomic E-state index is -0.960. The van der Waals surface area contributed by atoms with Crippen molar-refractivity contribution < 1.29 is 19.5 Å². The van der Waals surface area contributed by atoms with Crippen LogP contribution in [0.5, 0.6) is 0 Å². The zero-order valence-corrected chi connectivity index (χ0v) is 15.2. The summed E-state index contributed by atoms with van der Waals surface area (Å²) in [7, 11) is 0. The maximum absolute atomic E-state index is 12.7. The maximum Gasteiger partial charge on any atom is 0.326 e. The fourth-order valence-electron chi connectivity index (χ4n) is 4.06. The summed E-state index contributed by atoms with van der Waals surface area (Å²) >= 11 is 0. The lowest BCUT2D eigenvalue weighted by molar-refractivity contribution is -0.148. The molecule has 1 aromatic heterocycles. The molecule has 0 radical (unpaired) electrons. The number of aromatic amines is 1. The van der Waals surface area contributed by atoms with E-state index in [1.165, 1.54) is 4.90 Å². The predicted molar refractivity (Wildman–Crippen MR) is 91.1 cm³/mol. The molecule has 3 rings (SSSR count). The van der Waals surface area contributed by atoms with Gasteiger partial charge in [0.25, 0.3) is 0 Å². The van der Waals surface area contributed by atoms with Crippen LogP contribution < -0.4 is 0 Å². The molecular weight excluding hydrogens is 338 g/mol. The number of piperidine rings is 1. The molecule has 9 heteroatoms. The predicted octanol–water partition coefficient (Wildman–Crippen LogP) is 0.360. The summed E-state index contributed by atoms with van der Waals surface area (Å²) in [5.41, 5.74) is -0.203. The molecule has 2 aliphatic rings. The van der Waals surface area contributed by atoms with Gasteiger partial charge in [-0.1, -0.05) is 0 Å². The van der Waals surface area contributed by atoms with Crippen LogP contribution in [-0.4, -0.2) is 73.5 Å². The summed E-state index contributed by atoms with van der Waals surface area (Å²) in [5, 5.41) is 16.3. The molecule has 2 amide bonds. The Morgan fingerprint density at radius 2 is 2.00 bits per heavy atom. The molecule has 1 atom stereocenters. The van der Waals surface area contributed by atoms with Gasteiger partial charge in [-0.3, -0.25) is 14.7 Å². The second kappa shape index (κ2) is 7.05. The number of rotatable bonds is 4. The minimum absolute atomic E-state index is 0.0439. The van der Waals surface area contributed by atoms with Gasteiger partial charge in [0.2, 0.25) is 11.8 Å². The van der Waals surface area contributed by atoms with Crippen LogP contribution in [0.2, 0.25) is 0 Å². The molecule has 9 nitrogen and oxygen atoms in total. The smallest absolute Gasteiger partial charge is 0.326 e. The summed E-state index contributed by atoms with van der Waals surface area (Å²) in [4.78, 5) is 43.4. The van der Waals surface area contributed by atoms with E-state index in [4.69, 9.17) is 0 Å². The molecule has 0 bridgehead atoms. The number of nitrogens with zero attached hydrogens (tertiary/aromatic N) is 4. The minimum Gasteiger partial charge on any atom is -0.480 e. The third kappa shape index (κ3) is 3.71. The van der Waals surface area contributed by atoms with Crippen molar-refractivity contribution in [2.24, 2.45) is 5.41 Å². The molecule has 2 aliphatic heterocycles. The Morgan fingerprint density at radius 3 is 2.54 bits per heavy atom. The van der Waals surface area contributed by atoms with Crippen molar-refractivity contribution in [1.82, 2.24) is 25.0 Å². The number of hydrogen-bond donors (Lipinski definition) is 2. The first kappa shape index (κ1) is 18.3. The van der Waals surface area contributed by atoms with Crippen LogP contribution in [0.15, 0.2) is 0 Å². The molecule has 1 spiro atoms. The number of hydrogen-bond acceptors (Lipinski definition) is 5. The lowest BCUT2D eigenvalue weighted by Crippen LogP contribution is -2.44. The Balaban J connectivity index is 1.65. The Morgan fingerprint density at radius 1 is 1.31 bits per heavy atom. The Labute approximate surface area is 151 Å². The van der Waals surface area contributed by atoms with Crippen LogP contribution in [0, 0.1) is 12.3 Å². The molecule has 1 aromatic rings. The van der Waals surface area contributed by atoms with E-state index in [-0.39, 0.29) is 23.7 Å². The van der Waals surface area contributed by atoms with E-state index in [0.717, 1.165) is 12.8 Å². The van der Waals surface area contributed by atoms with Gasteiger partial charge >= 0.3 is 5.97 Å². The van der Waals surface area contributed by atoms with Gasteiger partial charge in [0, 0.05) is 39.4 Å². The van der Waals surface area contributed by atoms with Crippen LogP contribution in [0.1, 0.15) is 44.3 Å². The monoisotopic (exact) mass is 363 g/mol. The van der Waals surface area contributed by atoms with Gasteiger partial charge in [-0.25, -0.2) is 9.78 Å². The molecule has 0 aliphatic carbocycles. The van der Waals surface area contributed by atoms with Gasteiger partial charge in [-0.15, -0.1) is 0 Å². The van der Waals surface area contributed by atoms with E-state index in [0.29, 0.717) is 44.1 Å². The fraction of sp³-hybridized carbons (Fsp3) is 0.706. The van der Waals surface area contributed by atoms with Crippen LogP contribution in [0.4, 0.5) is 0 Å². The van der Waals surface area contributed by atoms with Crippen LogP contribution in [0.3, 0.4) is 0 Å². The first-order chi connectivity index (χ1) is 12.3. The molecule has 0 aromatic carbocycles. The molecule has 3 heterocycles. The number of aryl methyl sites for hydroxylation is 2. The largest absolute Gasteiger partial charge is 0.480 e. The number of likely N-dealkylation sites (tertiary alicyclic amines) is 2. The van der Waals surface area contributed by atoms with Crippen molar-refractivity contribution in [3.05, 3.63) is 11.6 Å². The standard InChI is InChI=1S/C17H25N5O4/c1-11-18-14(20-19-11)3-4-15(24)22-10-17(9-13(22)16(25)26)5-7-21(8-6-17)12(2)23/h13H,3-10H2,1-2H3,(H,25,26)(H,18,19,20)/t13-/m1/s1. The Kier molecular flexibility index (Phi) is 4.97. The molecule has 26 heavy (non-hydrogen) atoms. The second-order valence-corrected chi connectivity index (χ2v) is 7.42. The van der Waals surface area contributed by atoms with Crippen molar-refractivity contribution >= 4 is 17.8 Å². The Bertz CT molecular complexity index is 708. The number of carboxylic acids is 1. The normalized spacial score (nSPS) is 22.0. The molecular formula is C17H25N5O4. The number of carbonyl (C=O) groups excluding carboxylic acids is 2.